The SMILES string of the molecule is CN(C)CCN1Cc2c(ccc3[nH]nc(N(C(=O)OCc4ccccc4)[C@@H]4Cc5ccc6[nH]ncc6c5CN(CCN(C)C)C4=O)c23)C[C@@H](N)C1=O. The number of rotatable bonds is 10. The zero-order valence-electron chi connectivity index (χ0n) is 30.1. The molecule has 0 saturated heterocycles. The number of nitrogens with one attached hydrogen (secondary N) is 2. The molecule has 0 aliphatic carbocycles. The van der Waals surface area contributed by atoms with Gasteiger partial charge >= 0.3 is 6.09 Å². The van der Waals surface area contributed by atoms with Crippen LogP contribution in [0.15, 0.2) is 60.8 Å². The molecule has 7 rings (SSSR count). The van der Waals surface area contributed by atoms with Crippen LogP contribution in [0.3, 0.4) is 0 Å². The number of fused-ring (bicyclic) bond motifs is 6. The van der Waals surface area contributed by atoms with Crippen molar-refractivity contribution in [2.24, 2.45) is 5.73 Å². The first kappa shape index (κ1) is 35.1. The number of hydrogen-bond donors (Lipinski definition) is 3. The summed E-state index contributed by atoms with van der Waals surface area (Å²) in [5.74, 6) is -0.0681. The number of nitrogens with two attached hydrogens (primary N) is 1. The van der Waals surface area contributed by atoms with Crippen molar-refractivity contribution in [2.75, 3.05) is 59.3 Å². The van der Waals surface area contributed by atoms with Gasteiger partial charge in [0.25, 0.3) is 0 Å². The summed E-state index contributed by atoms with van der Waals surface area (Å²) < 4.78 is 6.02. The van der Waals surface area contributed by atoms with E-state index in [2.05, 4.69) is 15.3 Å². The van der Waals surface area contributed by atoms with Crippen LogP contribution in [0.1, 0.15) is 27.8 Å². The Bertz CT molecular complexity index is 2090. The van der Waals surface area contributed by atoms with E-state index in [1.807, 2.05) is 97.5 Å². The Balaban J connectivity index is 1.37. The molecule has 2 aliphatic heterocycles. The third-order valence-electron chi connectivity index (χ3n) is 10.1. The summed E-state index contributed by atoms with van der Waals surface area (Å²) in [4.78, 5) is 52.1. The van der Waals surface area contributed by atoms with Crippen molar-refractivity contribution in [3.63, 3.8) is 0 Å². The smallest absolute Gasteiger partial charge is 0.416 e. The Labute approximate surface area is 302 Å². The van der Waals surface area contributed by atoms with Gasteiger partial charge in [-0.2, -0.15) is 10.2 Å². The van der Waals surface area contributed by atoms with E-state index >= 15 is 0 Å². The minimum Gasteiger partial charge on any atom is -0.444 e. The Kier molecular flexibility index (Phi) is 9.95. The van der Waals surface area contributed by atoms with Crippen LogP contribution in [0, 0.1) is 0 Å². The van der Waals surface area contributed by atoms with Crippen LogP contribution in [0.25, 0.3) is 21.8 Å². The molecule has 2 atom stereocenters. The molecule has 0 saturated carbocycles. The van der Waals surface area contributed by atoms with E-state index in [0.29, 0.717) is 50.0 Å². The van der Waals surface area contributed by atoms with E-state index in [1.54, 1.807) is 11.1 Å². The second-order valence-corrected chi connectivity index (χ2v) is 14.3. The molecule has 3 aromatic carbocycles. The van der Waals surface area contributed by atoms with Gasteiger partial charge in [0.2, 0.25) is 11.8 Å². The van der Waals surface area contributed by atoms with Gasteiger partial charge in [-0.1, -0.05) is 42.5 Å². The lowest BCUT2D eigenvalue weighted by Crippen LogP contribution is -2.52. The van der Waals surface area contributed by atoms with Crippen molar-refractivity contribution in [3.8, 4) is 0 Å². The fraction of sp³-hybridized carbons (Fsp3) is 0.395. The maximum absolute atomic E-state index is 14.9. The number of nitrogens with zero attached hydrogens (tertiary/aromatic N) is 7. The monoisotopic (exact) mass is 706 g/mol. The lowest BCUT2D eigenvalue weighted by atomic mass is 9.96. The highest BCUT2D eigenvalue weighted by Crippen LogP contribution is 2.37. The first-order chi connectivity index (χ1) is 25.1. The van der Waals surface area contributed by atoms with E-state index < -0.39 is 18.2 Å². The number of carbonyl (C=O) groups is 3. The average Bonchev–Trinajstić information content (AvgIpc) is 3.73. The van der Waals surface area contributed by atoms with Crippen molar-refractivity contribution >= 4 is 45.5 Å². The third kappa shape index (κ3) is 6.96. The normalized spacial score (nSPS) is 17.8. The molecular formula is C38H46N10O4. The van der Waals surface area contributed by atoms with E-state index in [-0.39, 0.29) is 37.2 Å². The predicted molar refractivity (Wildman–Crippen MR) is 198 cm³/mol. The maximum atomic E-state index is 14.9. The standard InChI is InChI=1S/C38H46N10O4/c1-44(2)14-16-46-22-29-25(18-30(39)36(46)49)11-13-32-34(29)35(43-42-32)48(38(51)52-23-24-8-6-5-7-9-24)33-19-26-10-12-31-27(20-40-41-31)28(26)21-47(37(33)50)17-15-45(3)4/h5-13,20,30,33H,14-19,21-23,39H2,1-4H3,(H,40,41)(H,42,43)/t30-,33-/m1/s1. The molecule has 4 heterocycles. The summed E-state index contributed by atoms with van der Waals surface area (Å²) in [6.07, 6.45) is 1.66. The Hall–Kier alpha value is -5.31. The fourth-order valence-corrected chi connectivity index (χ4v) is 7.23. The molecule has 3 amide bonds. The minimum absolute atomic E-state index is 0.00971. The van der Waals surface area contributed by atoms with Crippen molar-refractivity contribution in [3.05, 3.63) is 88.6 Å². The van der Waals surface area contributed by atoms with Crippen LogP contribution < -0.4 is 10.6 Å². The van der Waals surface area contributed by atoms with Gasteiger partial charge in [0.1, 0.15) is 12.6 Å². The summed E-state index contributed by atoms with van der Waals surface area (Å²) in [5.41, 5.74) is 12.5. The highest BCUT2D eigenvalue weighted by molar-refractivity contribution is 6.05. The number of ether oxygens (including phenoxy) is 1. The molecule has 0 bridgehead atoms. The highest BCUT2D eigenvalue weighted by atomic mass is 16.6. The molecule has 14 nitrogen and oxygen atoms in total. The number of H-pyrrole nitrogens is 2. The third-order valence-corrected chi connectivity index (χ3v) is 10.1. The Morgan fingerprint density at radius 2 is 1.50 bits per heavy atom. The molecule has 52 heavy (non-hydrogen) atoms. The van der Waals surface area contributed by atoms with E-state index in [1.165, 1.54) is 4.90 Å². The number of anilines is 1. The zero-order valence-corrected chi connectivity index (χ0v) is 30.1. The van der Waals surface area contributed by atoms with Gasteiger partial charge in [0, 0.05) is 56.5 Å². The summed E-state index contributed by atoms with van der Waals surface area (Å²) >= 11 is 0. The maximum Gasteiger partial charge on any atom is 0.416 e. The Morgan fingerprint density at radius 1 is 0.846 bits per heavy atom. The lowest BCUT2D eigenvalue weighted by molar-refractivity contribution is -0.133. The summed E-state index contributed by atoms with van der Waals surface area (Å²) in [6.45, 7) is 2.86. The molecule has 0 fully saturated rings. The van der Waals surface area contributed by atoms with E-state index in [9.17, 15) is 14.4 Å². The second kappa shape index (κ2) is 14.7. The molecule has 2 aliphatic rings. The molecule has 14 heteroatoms. The van der Waals surface area contributed by atoms with Gasteiger partial charge in [-0.25, -0.2) is 9.69 Å². The van der Waals surface area contributed by atoms with Crippen LogP contribution in [0.5, 0.6) is 0 Å². The van der Waals surface area contributed by atoms with Crippen molar-refractivity contribution in [1.29, 1.82) is 0 Å². The number of aromatic amines is 2. The second-order valence-electron chi connectivity index (χ2n) is 14.3. The van der Waals surface area contributed by atoms with Crippen molar-refractivity contribution in [1.82, 2.24) is 40.0 Å². The highest BCUT2D eigenvalue weighted by Gasteiger charge is 2.41. The largest absolute Gasteiger partial charge is 0.444 e. The van der Waals surface area contributed by atoms with E-state index in [4.69, 9.17) is 15.6 Å². The lowest BCUT2D eigenvalue weighted by Gasteiger charge is -2.32. The Morgan fingerprint density at radius 3 is 2.21 bits per heavy atom. The number of amides is 3. The van der Waals surface area contributed by atoms with Gasteiger partial charge in [0.05, 0.1) is 23.3 Å². The summed E-state index contributed by atoms with van der Waals surface area (Å²) in [6, 6.07) is 15.6. The quantitative estimate of drug-likeness (QED) is 0.199. The van der Waals surface area contributed by atoms with Gasteiger partial charge < -0.3 is 30.1 Å². The van der Waals surface area contributed by atoms with Crippen LogP contribution >= 0.6 is 0 Å². The van der Waals surface area contributed by atoms with Gasteiger partial charge in [-0.15, -0.1) is 0 Å². The predicted octanol–water partition coefficient (Wildman–Crippen LogP) is 2.87. The number of likely N-dealkylation sites (N-methyl/N-ethyl adjacent to an activating group) is 2. The number of aromatic nitrogens is 4. The van der Waals surface area contributed by atoms with Gasteiger partial charge in [0.15, 0.2) is 5.82 Å². The molecule has 0 unspecified atom stereocenters. The molecule has 272 valence electrons. The van der Waals surface area contributed by atoms with Crippen molar-refractivity contribution in [2.45, 2.75) is 44.6 Å². The molecule has 4 N–H and O–H groups in total. The first-order valence-electron chi connectivity index (χ1n) is 17.6. The molecule has 0 radical (unpaired) electrons. The number of carbonyl (C=O) groups excluding carboxylic acids is 3. The van der Waals surface area contributed by atoms with Crippen LogP contribution in [-0.2, 0) is 46.9 Å². The van der Waals surface area contributed by atoms with E-state index in [0.717, 1.165) is 38.7 Å². The van der Waals surface area contributed by atoms with Crippen LogP contribution in [-0.4, -0.2) is 124 Å². The minimum atomic E-state index is -0.988. The molecule has 0 spiro atoms. The van der Waals surface area contributed by atoms with Crippen LogP contribution in [0.4, 0.5) is 10.6 Å². The fourth-order valence-electron chi connectivity index (χ4n) is 7.23. The number of hydrogen-bond acceptors (Lipinski definition) is 9. The first-order valence-corrected chi connectivity index (χ1v) is 17.6. The summed E-state index contributed by atoms with van der Waals surface area (Å²) in [5, 5.41) is 16.8. The van der Waals surface area contributed by atoms with Gasteiger partial charge in [-0.05, 0) is 74.6 Å². The van der Waals surface area contributed by atoms with Crippen molar-refractivity contribution < 1.29 is 19.1 Å². The average molecular weight is 707 g/mol. The van der Waals surface area contributed by atoms with Crippen LogP contribution in [0.2, 0.25) is 0 Å². The topological polar surface area (TPSA) is 160 Å². The number of benzene rings is 3. The molecule has 5 aromatic rings. The van der Waals surface area contributed by atoms with Gasteiger partial charge in [-0.3, -0.25) is 19.8 Å². The summed E-state index contributed by atoms with van der Waals surface area (Å²) in [7, 11) is 7.86. The molecule has 2 aromatic heterocycles. The molecular weight excluding hydrogens is 660 g/mol. The zero-order chi connectivity index (χ0) is 36.5.